The van der Waals surface area contributed by atoms with E-state index in [0.29, 0.717) is 10.7 Å². The molecule has 0 spiro atoms. The predicted molar refractivity (Wildman–Crippen MR) is 80.2 cm³/mol. The number of fused-ring (bicyclic) bond motifs is 1. The van der Waals surface area contributed by atoms with E-state index in [1.807, 2.05) is 30.5 Å². The van der Waals surface area contributed by atoms with Crippen LogP contribution in [0.5, 0.6) is 0 Å². The average Bonchev–Trinajstić information content (AvgIpc) is 2.50. The van der Waals surface area contributed by atoms with Crippen LogP contribution in [0.25, 0.3) is 10.8 Å². The van der Waals surface area contributed by atoms with Crippen molar-refractivity contribution in [3.05, 3.63) is 71.3 Å². The zero-order chi connectivity index (χ0) is 13.9. The first kappa shape index (κ1) is 13.0. The van der Waals surface area contributed by atoms with Gasteiger partial charge in [-0.25, -0.2) is 5.43 Å². The minimum atomic E-state index is -0.303. The number of benzene rings is 1. The number of hydrogen-bond donors (Lipinski definition) is 2. The number of halogens is 1. The summed E-state index contributed by atoms with van der Waals surface area (Å²) < 4.78 is 0. The van der Waals surface area contributed by atoms with Gasteiger partial charge in [0.15, 0.2) is 0 Å². The molecular weight excluding hydrogens is 272 g/mol. The number of hydrazine groups is 1. The lowest BCUT2D eigenvalue weighted by molar-refractivity contribution is 0.623. The maximum absolute atomic E-state index is 6.22. The molecule has 1 unspecified atom stereocenters. The highest BCUT2D eigenvalue weighted by atomic mass is 35.5. The maximum Gasteiger partial charge on any atom is 0.0917 e. The van der Waals surface area contributed by atoms with Crippen molar-refractivity contribution in [1.82, 2.24) is 15.4 Å². The van der Waals surface area contributed by atoms with Crippen molar-refractivity contribution in [2.45, 2.75) is 6.04 Å². The average molecular weight is 285 g/mol. The number of nitrogens with two attached hydrogens (primary N) is 1. The highest BCUT2D eigenvalue weighted by molar-refractivity contribution is 6.31. The third-order valence-electron chi connectivity index (χ3n) is 3.24. The standard InChI is InChI=1S/C15H13ClN4/c16-13-6-3-7-19-15(13)14(20-17)12-9-18-8-10-4-1-2-5-11(10)12/h1-9,14,20H,17H2. The summed E-state index contributed by atoms with van der Waals surface area (Å²) in [4.78, 5) is 8.60. The summed E-state index contributed by atoms with van der Waals surface area (Å²) >= 11 is 6.22. The van der Waals surface area contributed by atoms with Crippen molar-refractivity contribution in [2.75, 3.05) is 0 Å². The zero-order valence-electron chi connectivity index (χ0n) is 10.6. The van der Waals surface area contributed by atoms with E-state index in [-0.39, 0.29) is 6.04 Å². The molecule has 0 saturated heterocycles. The Hall–Kier alpha value is -2.01. The number of rotatable bonds is 3. The fraction of sp³-hybridized carbons (Fsp3) is 0.0667. The van der Waals surface area contributed by atoms with Gasteiger partial charge >= 0.3 is 0 Å². The Bertz CT molecular complexity index is 739. The smallest absolute Gasteiger partial charge is 0.0917 e. The van der Waals surface area contributed by atoms with E-state index >= 15 is 0 Å². The zero-order valence-corrected chi connectivity index (χ0v) is 11.4. The van der Waals surface area contributed by atoms with Crippen LogP contribution in [-0.2, 0) is 0 Å². The van der Waals surface area contributed by atoms with Gasteiger partial charge in [-0.2, -0.15) is 0 Å². The number of nitrogens with zero attached hydrogens (tertiary/aromatic N) is 2. The van der Waals surface area contributed by atoms with Gasteiger partial charge in [-0.3, -0.25) is 15.8 Å². The molecule has 5 heteroatoms. The Labute approximate surface area is 121 Å². The van der Waals surface area contributed by atoms with E-state index < -0.39 is 0 Å². The second-order valence-electron chi connectivity index (χ2n) is 4.42. The third kappa shape index (κ3) is 2.25. The highest BCUT2D eigenvalue weighted by Gasteiger charge is 2.19. The van der Waals surface area contributed by atoms with Crippen LogP contribution in [0.1, 0.15) is 17.3 Å². The summed E-state index contributed by atoms with van der Waals surface area (Å²) in [5.41, 5.74) is 4.42. The third-order valence-corrected chi connectivity index (χ3v) is 3.56. The first-order valence-corrected chi connectivity index (χ1v) is 6.58. The first-order valence-electron chi connectivity index (χ1n) is 6.20. The quantitative estimate of drug-likeness (QED) is 0.573. The molecular formula is C15H13ClN4. The molecule has 3 N–H and O–H groups in total. The molecule has 0 fully saturated rings. The molecule has 1 aromatic carbocycles. The predicted octanol–water partition coefficient (Wildman–Crippen LogP) is 2.84. The van der Waals surface area contributed by atoms with Crippen molar-refractivity contribution in [3.8, 4) is 0 Å². The molecule has 100 valence electrons. The van der Waals surface area contributed by atoms with Gasteiger partial charge in [0.25, 0.3) is 0 Å². The van der Waals surface area contributed by atoms with Gasteiger partial charge in [0.05, 0.1) is 16.8 Å². The molecule has 0 bridgehead atoms. The number of hydrogen-bond acceptors (Lipinski definition) is 4. The summed E-state index contributed by atoms with van der Waals surface area (Å²) in [6.45, 7) is 0. The normalized spacial score (nSPS) is 12.5. The molecule has 2 heterocycles. The van der Waals surface area contributed by atoms with Crippen LogP contribution in [0.2, 0.25) is 5.02 Å². The Balaban J connectivity index is 2.20. The number of pyridine rings is 2. The molecule has 3 rings (SSSR count). The van der Waals surface area contributed by atoms with Crippen LogP contribution < -0.4 is 11.3 Å². The van der Waals surface area contributed by atoms with Crippen LogP contribution in [0.15, 0.2) is 55.0 Å². The van der Waals surface area contributed by atoms with Gasteiger partial charge < -0.3 is 0 Å². The van der Waals surface area contributed by atoms with Gasteiger partial charge in [0, 0.05) is 29.5 Å². The lowest BCUT2D eigenvalue weighted by Gasteiger charge is -2.18. The van der Waals surface area contributed by atoms with E-state index in [0.717, 1.165) is 16.3 Å². The number of aromatic nitrogens is 2. The largest absolute Gasteiger partial charge is 0.271 e. The van der Waals surface area contributed by atoms with E-state index in [1.165, 1.54) is 0 Å². The second-order valence-corrected chi connectivity index (χ2v) is 4.83. The fourth-order valence-electron chi connectivity index (χ4n) is 2.30. The van der Waals surface area contributed by atoms with E-state index in [1.54, 1.807) is 24.5 Å². The molecule has 0 amide bonds. The SMILES string of the molecule is NNC(c1ncccc1Cl)c1cncc2ccccc12. The van der Waals surface area contributed by atoms with Crippen molar-refractivity contribution in [2.24, 2.45) is 5.84 Å². The van der Waals surface area contributed by atoms with Gasteiger partial charge in [-0.15, -0.1) is 0 Å². The first-order chi connectivity index (χ1) is 9.81. The van der Waals surface area contributed by atoms with Gasteiger partial charge in [0.2, 0.25) is 0 Å². The van der Waals surface area contributed by atoms with Crippen LogP contribution in [-0.4, -0.2) is 9.97 Å². The number of nitrogens with one attached hydrogen (secondary N) is 1. The minimum Gasteiger partial charge on any atom is -0.271 e. The molecule has 1 atom stereocenters. The Morgan fingerprint density at radius 3 is 2.75 bits per heavy atom. The lowest BCUT2D eigenvalue weighted by Crippen LogP contribution is -2.30. The topological polar surface area (TPSA) is 63.8 Å². The van der Waals surface area contributed by atoms with Crippen molar-refractivity contribution < 1.29 is 0 Å². The van der Waals surface area contributed by atoms with Gasteiger partial charge in [-0.1, -0.05) is 35.9 Å². The summed E-state index contributed by atoms with van der Waals surface area (Å²) in [6, 6.07) is 11.3. The molecule has 0 radical (unpaired) electrons. The molecule has 3 aromatic rings. The second kappa shape index (κ2) is 5.54. The van der Waals surface area contributed by atoms with E-state index in [9.17, 15) is 0 Å². The molecule has 0 saturated carbocycles. The lowest BCUT2D eigenvalue weighted by atomic mass is 9.99. The van der Waals surface area contributed by atoms with Crippen LogP contribution >= 0.6 is 11.6 Å². The minimum absolute atomic E-state index is 0.303. The summed E-state index contributed by atoms with van der Waals surface area (Å²) in [5.74, 6) is 5.72. The monoisotopic (exact) mass is 284 g/mol. The Kier molecular flexibility index (Phi) is 3.60. The molecule has 0 aliphatic heterocycles. The Morgan fingerprint density at radius 1 is 1.10 bits per heavy atom. The highest BCUT2D eigenvalue weighted by Crippen LogP contribution is 2.29. The van der Waals surface area contributed by atoms with Gasteiger partial charge in [-0.05, 0) is 17.5 Å². The molecule has 4 nitrogen and oxygen atoms in total. The van der Waals surface area contributed by atoms with E-state index in [4.69, 9.17) is 17.4 Å². The molecule has 0 aliphatic carbocycles. The van der Waals surface area contributed by atoms with Crippen molar-refractivity contribution >= 4 is 22.4 Å². The molecule has 0 aliphatic rings. The summed E-state index contributed by atoms with van der Waals surface area (Å²) in [6.07, 6.45) is 5.31. The maximum atomic E-state index is 6.22. The Morgan fingerprint density at radius 2 is 1.95 bits per heavy atom. The summed E-state index contributed by atoms with van der Waals surface area (Å²) in [7, 11) is 0. The van der Waals surface area contributed by atoms with Crippen LogP contribution in [0, 0.1) is 0 Å². The van der Waals surface area contributed by atoms with Gasteiger partial charge in [0.1, 0.15) is 0 Å². The van der Waals surface area contributed by atoms with Crippen LogP contribution in [0.4, 0.5) is 0 Å². The fourth-order valence-corrected chi connectivity index (χ4v) is 2.53. The summed E-state index contributed by atoms with van der Waals surface area (Å²) in [5, 5.41) is 2.70. The molecule has 2 aromatic heterocycles. The van der Waals surface area contributed by atoms with Crippen LogP contribution in [0.3, 0.4) is 0 Å². The van der Waals surface area contributed by atoms with E-state index in [2.05, 4.69) is 15.4 Å². The van der Waals surface area contributed by atoms with Crippen molar-refractivity contribution in [1.29, 1.82) is 0 Å². The molecule has 20 heavy (non-hydrogen) atoms. The van der Waals surface area contributed by atoms with Crippen molar-refractivity contribution in [3.63, 3.8) is 0 Å².